The number of hydrogen-bond donors (Lipinski definition) is 0. The van der Waals surface area contributed by atoms with Crippen LogP contribution >= 0.6 is 0 Å². The van der Waals surface area contributed by atoms with E-state index in [9.17, 15) is 4.79 Å². The van der Waals surface area contributed by atoms with Crippen molar-refractivity contribution < 1.29 is 4.79 Å². The van der Waals surface area contributed by atoms with Crippen molar-refractivity contribution in [2.75, 3.05) is 0 Å². The van der Waals surface area contributed by atoms with Crippen LogP contribution in [0.25, 0.3) is 0 Å². The van der Waals surface area contributed by atoms with Crippen molar-refractivity contribution in [3.63, 3.8) is 0 Å². The van der Waals surface area contributed by atoms with Gasteiger partial charge < -0.3 is 0 Å². The second kappa shape index (κ2) is 8.96. The summed E-state index contributed by atoms with van der Waals surface area (Å²) in [6.07, 6.45) is 3.12. The molecule has 0 bridgehead atoms. The normalized spacial score (nSPS) is 12.5. The highest BCUT2D eigenvalue weighted by atomic mass is 28.3. The minimum Gasteiger partial charge on any atom is -0.294 e. The lowest BCUT2D eigenvalue weighted by Gasteiger charge is -2.36. The molecule has 0 aromatic heterocycles. The number of rotatable bonds is 8. The van der Waals surface area contributed by atoms with Crippen molar-refractivity contribution in [3.8, 4) is 0 Å². The van der Waals surface area contributed by atoms with Gasteiger partial charge in [-0.1, -0.05) is 128 Å². The Balaban J connectivity index is 2.15. The van der Waals surface area contributed by atoms with Gasteiger partial charge in [-0.3, -0.25) is 4.79 Å². The first-order valence-electron chi connectivity index (χ1n) is 9.88. The third-order valence-electron chi connectivity index (χ3n) is 5.67. The van der Waals surface area contributed by atoms with E-state index in [1.54, 1.807) is 0 Å². The summed E-state index contributed by atoms with van der Waals surface area (Å²) in [5.74, 6) is 0.297. The fraction of sp³-hybridized carbons (Fsp3) is 0.240. The minimum atomic E-state index is -2.26. The van der Waals surface area contributed by atoms with E-state index in [4.69, 9.17) is 0 Å². The van der Waals surface area contributed by atoms with Crippen LogP contribution in [0.2, 0.25) is 12.1 Å². The monoisotopic (exact) mass is 372 g/mol. The standard InChI is InChI=1S/C25H28OSi/c1-3-4-20-24(25(26)21-14-8-5-9-15-21)27(2,22-16-10-6-11-17-22)23-18-12-7-13-19-23/h5-19,24H,3-4,20H2,1-2H3. The largest absolute Gasteiger partial charge is 0.294 e. The van der Waals surface area contributed by atoms with Gasteiger partial charge in [-0.15, -0.1) is 0 Å². The molecule has 1 nitrogen and oxygen atoms in total. The smallest absolute Gasteiger partial charge is 0.163 e. The first-order valence-corrected chi connectivity index (χ1v) is 12.5. The van der Waals surface area contributed by atoms with Crippen molar-refractivity contribution in [2.45, 2.75) is 38.3 Å². The zero-order valence-electron chi connectivity index (χ0n) is 16.3. The topological polar surface area (TPSA) is 17.1 Å². The molecule has 0 saturated carbocycles. The van der Waals surface area contributed by atoms with Crippen LogP contribution in [0.5, 0.6) is 0 Å². The summed E-state index contributed by atoms with van der Waals surface area (Å²) in [5, 5.41) is 2.67. The Bertz CT molecular complexity index is 804. The quantitative estimate of drug-likeness (QED) is 0.386. The third-order valence-corrected chi connectivity index (χ3v) is 10.7. The Morgan fingerprint density at radius 2 is 1.22 bits per heavy atom. The van der Waals surface area contributed by atoms with Crippen molar-refractivity contribution in [1.82, 2.24) is 0 Å². The van der Waals surface area contributed by atoms with Crippen LogP contribution in [0.3, 0.4) is 0 Å². The van der Waals surface area contributed by atoms with Gasteiger partial charge in [-0.25, -0.2) is 0 Å². The van der Waals surface area contributed by atoms with E-state index in [0.717, 1.165) is 24.8 Å². The van der Waals surface area contributed by atoms with Crippen LogP contribution in [0.1, 0.15) is 36.5 Å². The van der Waals surface area contributed by atoms with E-state index >= 15 is 0 Å². The first kappa shape index (κ1) is 19.3. The van der Waals surface area contributed by atoms with Gasteiger partial charge in [0, 0.05) is 11.1 Å². The van der Waals surface area contributed by atoms with E-state index < -0.39 is 8.07 Å². The average molecular weight is 373 g/mol. The van der Waals surface area contributed by atoms with Gasteiger partial charge in [0.2, 0.25) is 0 Å². The maximum Gasteiger partial charge on any atom is 0.163 e. The summed E-state index contributed by atoms with van der Waals surface area (Å²) in [4.78, 5) is 13.7. The Hall–Kier alpha value is -2.45. The van der Waals surface area contributed by atoms with Crippen LogP contribution < -0.4 is 10.4 Å². The van der Waals surface area contributed by atoms with E-state index in [2.05, 4.69) is 74.1 Å². The second-order valence-electron chi connectivity index (χ2n) is 7.36. The average Bonchev–Trinajstić information content (AvgIpc) is 2.75. The molecule has 1 unspecified atom stereocenters. The summed E-state index contributed by atoms with van der Waals surface area (Å²) in [6, 6.07) is 31.2. The van der Waals surface area contributed by atoms with E-state index in [0.29, 0.717) is 5.78 Å². The fourth-order valence-corrected chi connectivity index (χ4v) is 8.41. The predicted molar refractivity (Wildman–Crippen MR) is 118 cm³/mol. The lowest BCUT2D eigenvalue weighted by molar-refractivity contribution is 0.0977. The molecule has 2 heteroatoms. The van der Waals surface area contributed by atoms with Gasteiger partial charge in [-0.05, 0) is 6.42 Å². The van der Waals surface area contributed by atoms with Gasteiger partial charge >= 0.3 is 0 Å². The number of carbonyl (C=O) groups excluding carboxylic acids is 1. The molecular weight excluding hydrogens is 344 g/mol. The van der Waals surface area contributed by atoms with Gasteiger partial charge in [0.25, 0.3) is 0 Å². The van der Waals surface area contributed by atoms with Crippen LogP contribution in [0.4, 0.5) is 0 Å². The van der Waals surface area contributed by atoms with Gasteiger partial charge in [0.1, 0.15) is 8.07 Å². The number of benzene rings is 3. The Kier molecular flexibility index (Phi) is 6.41. The number of hydrogen-bond acceptors (Lipinski definition) is 1. The number of Topliss-reactive ketones (excluding diaryl/α,β-unsaturated/α-hetero) is 1. The molecule has 138 valence electrons. The van der Waals surface area contributed by atoms with Crippen molar-refractivity contribution in [2.24, 2.45) is 0 Å². The maximum atomic E-state index is 13.7. The number of ketones is 1. The molecule has 0 amide bonds. The van der Waals surface area contributed by atoms with Crippen LogP contribution in [-0.4, -0.2) is 13.9 Å². The highest BCUT2D eigenvalue weighted by Gasteiger charge is 2.43. The summed E-state index contributed by atoms with van der Waals surface area (Å²) in [7, 11) is -2.26. The Morgan fingerprint density at radius 1 is 0.778 bits per heavy atom. The fourth-order valence-electron chi connectivity index (χ4n) is 4.03. The molecule has 0 heterocycles. The maximum absolute atomic E-state index is 13.7. The Labute approximate surface area is 164 Å². The highest BCUT2D eigenvalue weighted by molar-refractivity contribution is 7.04. The van der Waals surface area contributed by atoms with Crippen LogP contribution in [-0.2, 0) is 0 Å². The van der Waals surface area contributed by atoms with Crippen LogP contribution in [0.15, 0.2) is 91.0 Å². The van der Waals surface area contributed by atoms with Crippen molar-refractivity contribution in [3.05, 3.63) is 96.6 Å². The highest BCUT2D eigenvalue weighted by Crippen LogP contribution is 2.31. The zero-order chi connectivity index (χ0) is 19.1. The Morgan fingerprint density at radius 3 is 1.67 bits per heavy atom. The van der Waals surface area contributed by atoms with Crippen molar-refractivity contribution >= 4 is 24.2 Å². The molecule has 0 N–H and O–H groups in total. The predicted octanol–water partition coefficient (Wildman–Crippen LogP) is 5.32. The summed E-state index contributed by atoms with van der Waals surface area (Å²) in [6.45, 7) is 4.58. The summed E-state index contributed by atoms with van der Waals surface area (Å²) in [5.41, 5.74) is 0.869. The SMILES string of the molecule is CCCCC(C(=O)c1ccccc1)[Si](C)(c1ccccc1)c1ccccc1. The van der Waals surface area contributed by atoms with Gasteiger partial charge in [0.05, 0.1) is 0 Å². The van der Waals surface area contributed by atoms with E-state index in [-0.39, 0.29) is 5.54 Å². The molecule has 0 spiro atoms. The van der Waals surface area contributed by atoms with Gasteiger partial charge in [-0.2, -0.15) is 0 Å². The van der Waals surface area contributed by atoms with Gasteiger partial charge in [0.15, 0.2) is 5.78 Å². The van der Waals surface area contributed by atoms with E-state index in [1.165, 1.54) is 10.4 Å². The molecule has 3 aromatic rings. The molecular formula is C25H28OSi. The molecule has 3 rings (SSSR count). The summed E-state index contributed by atoms with van der Waals surface area (Å²) < 4.78 is 0. The van der Waals surface area contributed by atoms with Crippen LogP contribution in [0, 0.1) is 0 Å². The third kappa shape index (κ3) is 4.11. The minimum absolute atomic E-state index is 0.0321. The number of carbonyl (C=O) groups is 1. The lowest BCUT2D eigenvalue weighted by Crippen LogP contribution is -2.60. The zero-order valence-corrected chi connectivity index (χ0v) is 17.3. The first-order chi connectivity index (χ1) is 13.2. The lowest BCUT2D eigenvalue weighted by atomic mass is 10.0. The molecule has 0 aliphatic rings. The molecule has 0 saturated heterocycles. The molecule has 0 radical (unpaired) electrons. The molecule has 3 aromatic carbocycles. The molecule has 0 aliphatic carbocycles. The molecule has 0 aliphatic heterocycles. The van der Waals surface area contributed by atoms with E-state index in [1.807, 2.05) is 30.3 Å². The molecule has 1 atom stereocenters. The number of unbranched alkanes of at least 4 members (excludes halogenated alkanes) is 1. The second-order valence-corrected chi connectivity index (χ2v) is 11.6. The molecule has 27 heavy (non-hydrogen) atoms. The van der Waals surface area contributed by atoms with Crippen molar-refractivity contribution in [1.29, 1.82) is 0 Å². The summed E-state index contributed by atoms with van der Waals surface area (Å²) >= 11 is 0. The molecule has 0 fully saturated rings.